The van der Waals surface area contributed by atoms with Crippen LogP contribution in [0.4, 0.5) is 0 Å². The first kappa shape index (κ1) is 14.9. The van der Waals surface area contributed by atoms with E-state index in [1.165, 1.54) is 0 Å². The van der Waals surface area contributed by atoms with E-state index in [0.29, 0.717) is 19.4 Å². The van der Waals surface area contributed by atoms with E-state index in [0.717, 1.165) is 6.42 Å². The van der Waals surface area contributed by atoms with Crippen LogP contribution in [0.2, 0.25) is 0 Å². The standard InChI is InChI=1S/C12H23NO3/c1-12(2,3)8-7-10(14)13(4)9-5-6-11(15)16/h5-9H2,1-4H3,(H,15,16). The molecule has 4 heteroatoms. The third kappa shape index (κ3) is 8.26. The number of carbonyl (C=O) groups excluding carboxylic acids is 1. The van der Waals surface area contributed by atoms with Crippen LogP contribution in [-0.4, -0.2) is 35.5 Å². The Labute approximate surface area is 97.6 Å². The highest BCUT2D eigenvalue weighted by Crippen LogP contribution is 2.20. The van der Waals surface area contributed by atoms with Gasteiger partial charge in [0.05, 0.1) is 0 Å². The second-order valence-electron chi connectivity index (χ2n) is 5.37. The number of rotatable bonds is 6. The van der Waals surface area contributed by atoms with Gasteiger partial charge in [0.15, 0.2) is 0 Å². The molecule has 1 N–H and O–H groups in total. The van der Waals surface area contributed by atoms with Crippen LogP contribution in [0.5, 0.6) is 0 Å². The van der Waals surface area contributed by atoms with Gasteiger partial charge in [-0.05, 0) is 18.3 Å². The molecule has 0 aromatic rings. The van der Waals surface area contributed by atoms with E-state index in [-0.39, 0.29) is 17.7 Å². The minimum Gasteiger partial charge on any atom is -0.481 e. The number of aliphatic carboxylic acids is 1. The fourth-order valence-corrected chi connectivity index (χ4v) is 1.26. The summed E-state index contributed by atoms with van der Waals surface area (Å²) in [5.41, 5.74) is 0.164. The number of hydrogen-bond acceptors (Lipinski definition) is 2. The number of carbonyl (C=O) groups is 2. The van der Waals surface area contributed by atoms with Crippen molar-refractivity contribution in [2.45, 2.75) is 46.5 Å². The summed E-state index contributed by atoms with van der Waals surface area (Å²) in [6.07, 6.45) is 2.03. The van der Waals surface area contributed by atoms with Gasteiger partial charge in [0.2, 0.25) is 5.91 Å². The molecular formula is C12H23NO3. The number of hydrogen-bond donors (Lipinski definition) is 1. The Bertz CT molecular complexity index is 243. The molecule has 0 radical (unpaired) electrons. The lowest BCUT2D eigenvalue weighted by atomic mass is 9.90. The van der Waals surface area contributed by atoms with Crippen molar-refractivity contribution in [2.75, 3.05) is 13.6 Å². The van der Waals surface area contributed by atoms with Crippen LogP contribution >= 0.6 is 0 Å². The van der Waals surface area contributed by atoms with Crippen LogP contribution in [0.15, 0.2) is 0 Å². The summed E-state index contributed by atoms with van der Waals surface area (Å²) < 4.78 is 0. The molecule has 0 aliphatic heterocycles. The van der Waals surface area contributed by atoms with Crippen molar-refractivity contribution in [1.82, 2.24) is 4.90 Å². The lowest BCUT2D eigenvalue weighted by Crippen LogP contribution is -2.28. The van der Waals surface area contributed by atoms with Crippen LogP contribution in [0.1, 0.15) is 46.5 Å². The molecule has 0 aromatic heterocycles. The molecule has 0 fully saturated rings. The molecule has 4 nitrogen and oxygen atoms in total. The highest BCUT2D eigenvalue weighted by atomic mass is 16.4. The van der Waals surface area contributed by atoms with Gasteiger partial charge in [-0.25, -0.2) is 0 Å². The summed E-state index contributed by atoms with van der Waals surface area (Å²) in [5.74, 6) is -0.712. The van der Waals surface area contributed by atoms with Crippen LogP contribution < -0.4 is 0 Å². The molecule has 0 aliphatic rings. The fraction of sp³-hybridized carbons (Fsp3) is 0.833. The average Bonchev–Trinajstić information content (AvgIpc) is 2.12. The lowest BCUT2D eigenvalue weighted by Gasteiger charge is -2.21. The largest absolute Gasteiger partial charge is 0.481 e. The van der Waals surface area contributed by atoms with Crippen molar-refractivity contribution in [1.29, 1.82) is 0 Å². The van der Waals surface area contributed by atoms with E-state index in [2.05, 4.69) is 20.8 Å². The SMILES string of the molecule is CN(CCCC(=O)O)C(=O)CCC(C)(C)C. The van der Waals surface area contributed by atoms with Crippen LogP contribution in [0.25, 0.3) is 0 Å². The normalized spacial score (nSPS) is 11.2. The number of amides is 1. The maximum Gasteiger partial charge on any atom is 0.303 e. The molecule has 16 heavy (non-hydrogen) atoms. The summed E-state index contributed by atoms with van der Waals surface area (Å²) in [7, 11) is 1.73. The highest BCUT2D eigenvalue weighted by Gasteiger charge is 2.15. The minimum absolute atomic E-state index is 0.0975. The number of carboxylic acid groups (broad SMARTS) is 1. The zero-order valence-electron chi connectivity index (χ0n) is 10.7. The number of nitrogens with zero attached hydrogens (tertiary/aromatic N) is 1. The van der Waals surface area contributed by atoms with E-state index in [1.54, 1.807) is 11.9 Å². The van der Waals surface area contributed by atoms with Crippen molar-refractivity contribution < 1.29 is 14.7 Å². The van der Waals surface area contributed by atoms with E-state index >= 15 is 0 Å². The quantitative estimate of drug-likeness (QED) is 0.759. The summed E-state index contributed by atoms with van der Waals surface area (Å²) in [6, 6.07) is 0. The molecule has 94 valence electrons. The first-order valence-electron chi connectivity index (χ1n) is 5.68. The number of carboxylic acids is 1. The second-order valence-corrected chi connectivity index (χ2v) is 5.37. The summed E-state index contributed by atoms with van der Waals surface area (Å²) in [4.78, 5) is 23.6. The van der Waals surface area contributed by atoms with Crippen molar-refractivity contribution in [2.24, 2.45) is 5.41 Å². The smallest absolute Gasteiger partial charge is 0.303 e. The van der Waals surface area contributed by atoms with Gasteiger partial charge in [-0.15, -0.1) is 0 Å². The van der Waals surface area contributed by atoms with Gasteiger partial charge in [0.25, 0.3) is 0 Å². The van der Waals surface area contributed by atoms with Gasteiger partial charge in [-0.2, -0.15) is 0 Å². The van der Waals surface area contributed by atoms with E-state index < -0.39 is 5.97 Å². The van der Waals surface area contributed by atoms with Gasteiger partial charge in [0.1, 0.15) is 0 Å². The molecule has 0 spiro atoms. The van der Waals surface area contributed by atoms with Gasteiger partial charge in [-0.3, -0.25) is 9.59 Å². The predicted octanol–water partition coefficient (Wildman–Crippen LogP) is 2.14. The third-order valence-electron chi connectivity index (χ3n) is 2.40. The predicted molar refractivity (Wildman–Crippen MR) is 63.2 cm³/mol. The summed E-state index contributed by atoms with van der Waals surface area (Å²) in [6.45, 7) is 6.83. The van der Waals surface area contributed by atoms with Gasteiger partial charge in [0, 0.05) is 26.4 Å². The van der Waals surface area contributed by atoms with Gasteiger partial charge >= 0.3 is 5.97 Å². The lowest BCUT2D eigenvalue weighted by molar-refractivity contribution is -0.138. The van der Waals surface area contributed by atoms with Crippen LogP contribution in [0.3, 0.4) is 0 Å². The molecule has 0 atom stereocenters. The van der Waals surface area contributed by atoms with Crippen LogP contribution in [-0.2, 0) is 9.59 Å². The summed E-state index contributed by atoms with van der Waals surface area (Å²) >= 11 is 0. The van der Waals surface area contributed by atoms with E-state index in [9.17, 15) is 9.59 Å². The minimum atomic E-state index is -0.810. The van der Waals surface area contributed by atoms with Crippen molar-refractivity contribution in [3.63, 3.8) is 0 Å². The Morgan fingerprint density at radius 1 is 1.19 bits per heavy atom. The van der Waals surface area contributed by atoms with E-state index in [4.69, 9.17) is 5.11 Å². The Balaban J connectivity index is 3.78. The topological polar surface area (TPSA) is 57.6 Å². The third-order valence-corrected chi connectivity index (χ3v) is 2.40. The zero-order valence-corrected chi connectivity index (χ0v) is 10.7. The van der Waals surface area contributed by atoms with Crippen molar-refractivity contribution in [3.8, 4) is 0 Å². The van der Waals surface area contributed by atoms with Crippen molar-refractivity contribution in [3.05, 3.63) is 0 Å². The Kier molecular flexibility index (Phi) is 6.08. The molecule has 0 bridgehead atoms. The molecule has 1 amide bonds. The average molecular weight is 229 g/mol. The molecule has 0 heterocycles. The van der Waals surface area contributed by atoms with Gasteiger partial charge < -0.3 is 10.0 Å². The maximum absolute atomic E-state index is 11.6. The molecular weight excluding hydrogens is 206 g/mol. The molecule has 0 saturated heterocycles. The van der Waals surface area contributed by atoms with Gasteiger partial charge in [-0.1, -0.05) is 20.8 Å². The first-order chi connectivity index (χ1) is 7.22. The first-order valence-corrected chi connectivity index (χ1v) is 5.68. The van der Waals surface area contributed by atoms with Crippen LogP contribution in [0, 0.1) is 5.41 Å². The second kappa shape index (κ2) is 6.51. The Morgan fingerprint density at radius 3 is 2.19 bits per heavy atom. The zero-order chi connectivity index (χ0) is 12.8. The Hall–Kier alpha value is -1.06. The summed E-state index contributed by atoms with van der Waals surface area (Å²) in [5, 5.41) is 8.47. The molecule has 0 aliphatic carbocycles. The Morgan fingerprint density at radius 2 is 1.75 bits per heavy atom. The molecule has 0 unspecified atom stereocenters. The van der Waals surface area contributed by atoms with Crippen molar-refractivity contribution >= 4 is 11.9 Å². The highest BCUT2D eigenvalue weighted by molar-refractivity contribution is 5.76. The molecule has 0 aromatic carbocycles. The molecule has 0 rings (SSSR count). The maximum atomic E-state index is 11.6. The monoisotopic (exact) mass is 229 g/mol. The fourth-order valence-electron chi connectivity index (χ4n) is 1.26. The molecule has 0 saturated carbocycles. The van der Waals surface area contributed by atoms with E-state index in [1.807, 2.05) is 0 Å².